The molecule has 3 rings (SSSR count). The number of halogens is 4. The molecule has 1 unspecified atom stereocenters. The summed E-state index contributed by atoms with van der Waals surface area (Å²) in [6.07, 6.45) is -4.26. The maximum absolute atomic E-state index is 13.4. The van der Waals surface area contributed by atoms with Crippen molar-refractivity contribution in [1.29, 1.82) is 0 Å². The standard InChI is InChI=1S/C14H13F4N5O/c15-8-2-1-3-10(6-8)23-12(14(16,17)18)11(21-22-23)13(24)20-9-4-5-19-7-9/h1-3,6,9,19H,4-5,7H2,(H,20,24). The summed E-state index contributed by atoms with van der Waals surface area (Å²) in [5.41, 5.74) is -2.34. The van der Waals surface area contributed by atoms with E-state index in [1.165, 1.54) is 12.1 Å². The molecule has 1 aliphatic heterocycles. The van der Waals surface area contributed by atoms with Crippen molar-refractivity contribution in [2.45, 2.75) is 18.6 Å². The second-order valence-corrected chi connectivity index (χ2v) is 5.34. The Labute approximate surface area is 133 Å². The van der Waals surface area contributed by atoms with Crippen LogP contribution in [0.3, 0.4) is 0 Å². The first-order chi connectivity index (χ1) is 11.4. The number of nitrogens with one attached hydrogen (secondary N) is 2. The summed E-state index contributed by atoms with van der Waals surface area (Å²) in [7, 11) is 0. The average Bonchev–Trinajstić information content (AvgIpc) is 3.15. The second kappa shape index (κ2) is 6.19. The lowest BCUT2D eigenvalue weighted by molar-refractivity contribution is -0.143. The summed E-state index contributed by atoms with van der Waals surface area (Å²) < 4.78 is 54.0. The zero-order chi connectivity index (χ0) is 17.3. The van der Waals surface area contributed by atoms with Crippen LogP contribution in [0.15, 0.2) is 24.3 Å². The molecule has 1 amide bonds. The number of alkyl halides is 3. The Kier molecular flexibility index (Phi) is 4.22. The van der Waals surface area contributed by atoms with Gasteiger partial charge in [-0.3, -0.25) is 4.79 Å². The number of hydrogen-bond donors (Lipinski definition) is 2. The van der Waals surface area contributed by atoms with Crippen LogP contribution in [0.1, 0.15) is 22.6 Å². The Bertz CT molecular complexity index is 752. The van der Waals surface area contributed by atoms with Crippen molar-refractivity contribution in [3.63, 3.8) is 0 Å². The largest absolute Gasteiger partial charge is 0.435 e. The highest BCUT2D eigenvalue weighted by atomic mass is 19.4. The summed E-state index contributed by atoms with van der Waals surface area (Å²) in [5.74, 6) is -1.68. The zero-order valence-corrected chi connectivity index (χ0v) is 12.3. The molecule has 0 radical (unpaired) electrons. The molecule has 1 atom stereocenters. The van der Waals surface area contributed by atoms with Crippen LogP contribution in [0.4, 0.5) is 17.6 Å². The molecule has 6 nitrogen and oxygen atoms in total. The molecule has 1 aliphatic rings. The van der Waals surface area contributed by atoms with Gasteiger partial charge in [0.05, 0.1) is 5.69 Å². The lowest BCUT2D eigenvalue weighted by Gasteiger charge is -2.13. The number of benzene rings is 1. The molecule has 24 heavy (non-hydrogen) atoms. The van der Waals surface area contributed by atoms with E-state index in [0.29, 0.717) is 24.2 Å². The van der Waals surface area contributed by atoms with Crippen LogP contribution in [0, 0.1) is 5.82 Å². The molecular weight excluding hydrogens is 330 g/mol. The van der Waals surface area contributed by atoms with Crippen molar-refractivity contribution in [3.8, 4) is 5.69 Å². The minimum absolute atomic E-state index is 0.170. The lowest BCUT2D eigenvalue weighted by atomic mass is 10.2. The van der Waals surface area contributed by atoms with Crippen LogP contribution in [0.5, 0.6) is 0 Å². The van der Waals surface area contributed by atoms with Crippen LogP contribution < -0.4 is 10.6 Å². The Morgan fingerprint density at radius 2 is 2.17 bits per heavy atom. The van der Waals surface area contributed by atoms with Crippen molar-refractivity contribution in [2.24, 2.45) is 0 Å². The molecule has 2 N–H and O–H groups in total. The van der Waals surface area contributed by atoms with Gasteiger partial charge in [0, 0.05) is 12.6 Å². The Hall–Kier alpha value is -2.49. The van der Waals surface area contributed by atoms with Crippen molar-refractivity contribution in [2.75, 3.05) is 13.1 Å². The molecule has 2 aromatic rings. The predicted octanol–water partition coefficient (Wildman–Crippen LogP) is 1.52. The lowest BCUT2D eigenvalue weighted by Crippen LogP contribution is -2.37. The third-order valence-corrected chi connectivity index (χ3v) is 3.60. The van der Waals surface area contributed by atoms with Crippen molar-refractivity contribution in [1.82, 2.24) is 25.6 Å². The van der Waals surface area contributed by atoms with E-state index in [-0.39, 0.29) is 11.7 Å². The molecule has 2 heterocycles. The number of aromatic nitrogens is 3. The number of amides is 1. The highest BCUT2D eigenvalue weighted by Crippen LogP contribution is 2.32. The van der Waals surface area contributed by atoms with Gasteiger partial charge in [-0.15, -0.1) is 5.10 Å². The topological polar surface area (TPSA) is 71.8 Å². The smallest absolute Gasteiger partial charge is 0.347 e. The molecule has 10 heteroatoms. The molecule has 0 saturated carbocycles. The van der Waals surface area contributed by atoms with E-state index in [9.17, 15) is 22.4 Å². The first-order valence-corrected chi connectivity index (χ1v) is 7.16. The molecule has 0 bridgehead atoms. The van der Waals surface area contributed by atoms with Gasteiger partial charge >= 0.3 is 6.18 Å². The fourth-order valence-corrected chi connectivity index (χ4v) is 2.51. The van der Waals surface area contributed by atoms with Gasteiger partial charge in [-0.2, -0.15) is 13.2 Å². The number of carbonyl (C=O) groups excluding carboxylic acids is 1. The van der Waals surface area contributed by atoms with Gasteiger partial charge in [-0.05, 0) is 31.2 Å². The average molecular weight is 343 g/mol. The minimum atomic E-state index is -4.88. The molecule has 1 aromatic heterocycles. The maximum atomic E-state index is 13.4. The minimum Gasteiger partial charge on any atom is -0.347 e. The van der Waals surface area contributed by atoms with E-state index < -0.39 is 29.3 Å². The first kappa shape index (κ1) is 16.4. The Balaban J connectivity index is 1.99. The predicted molar refractivity (Wildman–Crippen MR) is 75.1 cm³/mol. The Morgan fingerprint density at radius 1 is 1.38 bits per heavy atom. The van der Waals surface area contributed by atoms with Gasteiger partial charge in [0.2, 0.25) is 0 Å². The van der Waals surface area contributed by atoms with E-state index in [2.05, 4.69) is 20.9 Å². The summed E-state index contributed by atoms with van der Waals surface area (Å²) in [6, 6.07) is 4.20. The van der Waals surface area contributed by atoms with Gasteiger partial charge in [0.1, 0.15) is 5.82 Å². The second-order valence-electron chi connectivity index (χ2n) is 5.34. The van der Waals surface area contributed by atoms with Gasteiger partial charge < -0.3 is 10.6 Å². The molecule has 128 valence electrons. The number of hydrogen-bond acceptors (Lipinski definition) is 4. The summed E-state index contributed by atoms with van der Waals surface area (Å²) in [4.78, 5) is 12.2. The number of rotatable bonds is 3. The van der Waals surface area contributed by atoms with Crippen molar-refractivity contribution < 1.29 is 22.4 Å². The maximum Gasteiger partial charge on any atom is 0.435 e. The summed E-state index contributed by atoms with van der Waals surface area (Å²) >= 11 is 0. The fourth-order valence-electron chi connectivity index (χ4n) is 2.51. The van der Waals surface area contributed by atoms with E-state index >= 15 is 0 Å². The fraction of sp³-hybridized carbons (Fsp3) is 0.357. The van der Waals surface area contributed by atoms with E-state index in [1.807, 2.05) is 0 Å². The number of nitrogens with zero attached hydrogens (tertiary/aromatic N) is 3. The van der Waals surface area contributed by atoms with E-state index in [0.717, 1.165) is 12.1 Å². The van der Waals surface area contributed by atoms with Gasteiger partial charge in [-0.1, -0.05) is 11.3 Å². The highest BCUT2D eigenvalue weighted by Gasteiger charge is 2.42. The van der Waals surface area contributed by atoms with Crippen LogP contribution in [0.2, 0.25) is 0 Å². The summed E-state index contributed by atoms with van der Waals surface area (Å²) in [6.45, 7) is 1.15. The quantitative estimate of drug-likeness (QED) is 0.829. The molecule has 0 spiro atoms. The van der Waals surface area contributed by atoms with Crippen LogP contribution >= 0.6 is 0 Å². The number of carbonyl (C=O) groups is 1. The van der Waals surface area contributed by atoms with Crippen molar-refractivity contribution in [3.05, 3.63) is 41.5 Å². The summed E-state index contributed by atoms with van der Waals surface area (Å²) in [5, 5.41) is 12.2. The highest BCUT2D eigenvalue weighted by molar-refractivity contribution is 5.93. The third-order valence-electron chi connectivity index (χ3n) is 3.60. The van der Waals surface area contributed by atoms with Crippen LogP contribution in [-0.4, -0.2) is 40.0 Å². The zero-order valence-electron chi connectivity index (χ0n) is 12.3. The van der Waals surface area contributed by atoms with Crippen LogP contribution in [0.25, 0.3) is 5.69 Å². The van der Waals surface area contributed by atoms with Crippen molar-refractivity contribution >= 4 is 5.91 Å². The molecule has 0 aliphatic carbocycles. The molecule has 1 aromatic carbocycles. The monoisotopic (exact) mass is 343 g/mol. The van der Waals surface area contributed by atoms with E-state index in [1.54, 1.807) is 0 Å². The van der Waals surface area contributed by atoms with Gasteiger partial charge in [-0.25, -0.2) is 9.07 Å². The SMILES string of the molecule is O=C(NC1CCNC1)c1nnn(-c2cccc(F)c2)c1C(F)(F)F. The molecule has 1 saturated heterocycles. The van der Waals surface area contributed by atoms with Gasteiger partial charge in [0.15, 0.2) is 11.4 Å². The third kappa shape index (κ3) is 3.23. The van der Waals surface area contributed by atoms with E-state index in [4.69, 9.17) is 0 Å². The molecular formula is C14H13F4N5O. The van der Waals surface area contributed by atoms with Crippen LogP contribution in [-0.2, 0) is 6.18 Å². The Morgan fingerprint density at radius 3 is 2.79 bits per heavy atom. The molecule has 1 fully saturated rings. The first-order valence-electron chi connectivity index (χ1n) is 7.16. The normalized spacial score (nSPS) is 17.9. The van der Waals surface area contributed by atoms with Gasteiger partial charge in [0.25, 0.3) is 5.91 Å².